The van der Waals surface area contributed by atoms with Gasteiger partial charge in [-0.1, -0.05) is 50.3 Å². The first-order chi connectivity index (χ1) is 4.31. The second-order valence-corrected chi connectivity index (χ2v) is 2.00. The second-order valence-electron chi connectivity index (χ2n) is 2.00. The van der Waals surface area contributed by atoms with Gasteiger partial charge in [0, 0.05) is 0 Å². The lowest BCUT2D eigenvalue weighted by molar-refractivity contribution is 0.930. The molecule has 0 heterocycles. The fourth-order valence-corrected chi connectivity index (χ4v) is 0.609. The Kier molecular flexibility index (Phi) is 4.89. The van der Waals surface area contributed by atoms with Crippen molar-refractivity contribution >= 4 is 0 Å². The zero-order valence-electron chi connectivity index (χ0n) is 6.06. The minimum Gasteiger partial charge on any atom is -0.0991 e. The van der Waals surface area contributed by atoms with Crippen LogP contribution in [0.15, 0.2) is 37.0 Å². The van der Waals surface area contributed by atoms with E-state index < -0.39 is 0 Å². The molecule has 0 amide bonds. The van der Waals surface area contributed by atoms with E-state index in [1.165, 1.54) is 12.0 Å². The molecule has 0 radical (unpaired) electrons. The second kappa shape index (κ2) is 5.36. The van der Waals surface area contributed by atoms with Crippen molar-refractivity contribution in [3.8, 4) is 0 Å². The molecule has 9 heavy (non-hydrogen) atoms. The number of rotatable bonds is 4. The molecule has 50 valence electrons. The maximum Gasteiger partial charge on any atom is -0.0287 e. The molecule has 0 spiro atoms. The normalized spacial score (nSPS) is 9.89. The highest BCUT2D eigenvalue weighted by Crippen LogP contribution is 2.02. The van der Waals surface area contributed by atoms with E-state index in [1.54, 1.807) is 6.08 Å². The predicted molar refractivity (Wildman–Crippen MR) is 43.4 cm³/mol. The molecule has 0 atom stereocenters. The first-order valence-electron chi connectivity index (χ1n) is 3.28. The summed E-state index contributed by atoms with van der Waals surface area (Å²) < 4.78 is 0. The summed E-state index contributed by atoms with van der Waals surface area (Å²) in [4.78, 5) is 0. The van der Waals surface area contributed by atoms with Gasteiger partial charge in [0.25, 0.3) is 0 Å². The quantitative estimate of drug-likeness (QED) is 0.503. The van der Waals surface area contributed by atoms with E-state index in [9.17, 15) is 0 Å². The lowest BCUT2D eigenvalue weighted by Crippen LogP contribution is -1.71. The predicted octanol–water partition coefficient (Wildman–Crippen LogP) is 3.08. The van der Waals surface area contributed by atoms with Gasteiger partial charge in [-0.25, -0.2) is 0 Å². The van der Waals surface area contributed by atoms with Crippen molar-refractivity contribution in [2.24, 2.45) is 0 Å². The summed E-state index contributed by atoms with van der Waals surface area (Å²) >= 11 is 0. The van der Waals surface area contributed by atoms with E-state index in [0.717, 1.165) is 6.42 Å². The van der Waals surface area contributed by atoms with Crippen LogP contribution in [0.4, 0.5) is 0 Å². The fraction of sp³-hybridized carbons (Fsp3) is 0.333. The van der Waals surface area contributed by atoms with Gasteiger partial charge in [0.2, 0.25) is 0 Å². The Bertz CT molecular complexity index is 118. The fourth-order valence-electron chi connectivity index (χ4n) is 0.609. The molecule has 0 saturated heterocycles. The van der Waals surface area contributed by atoms with Gasteiger partial charge in [-0.2, -0.15) is 0 Å². The van der Waals surface area contributed by atoms with E-state index in [2.05, 4.69) is 20.1 Å². The first kappa shape index (κ1) is 8.22. The SMILES string of the molecule is C=CC=CC(=C)CCC. The molecule has 0 aromatic rings. The topological polar surface area (TPSA) is 0 Å². The molecule has 0 aromatic heterocycles. The Labute approximate surface area is 57.6 Å². The molecule has 0 aliphatic rings. The van der Waals surface area contributed by atoms with Crippen LogP contribution in [0.3, 0.4) is 0 Å². The molecule has 0 rings (SSSR count). The minimum atomic E-state index is 1.09. The van der Waals surface area contributed by atoms with Crippen LogP contribution in [0.2, 0.25) is 0 Å². The molecule has 0 nitrogen and oxygen atoms in total. The molecule has 0 heteroatoms. The lowest BCUT2D eigenvalue weighted by Gasteiger charge is -1.91. The highest BCUT2D eigenvalue weighted by Gasteiger charge is 1.81. The maximum absolute atomic E-state index is 3.85. The van der Waals surface area contributed by atoms with E-state index in [0.29, 0.717) is 0 Å². The van der Waals surface area contributed by atoms with Crippen LogP contribution in [0.1, 0.15) is 19.8 Å². The van der Waals surface area contributed by atoms with Gasteiger partial charge in [-0.05, 0) is 6.42 Å². The summed E-state index contributed by atoms with van der Waals surface area (Å²) in [7, 11) is 0. The number of hydrogen-bond acceptors (Lipinski definition) is 0. The Balaban J connectivity index is 3.49. The summed E-state index contributed by atoms with van der Waals surface area (Å²) in [6, 6.07) is 0. The lowest BCUT2D eigenvalue weighted by atomic mass is 10.2. The Morgan fingerprint density at radius 3 is 2.67 bits per heavy atom. The third-order valence-corrected chi connectivity index (χ3v) is 1.04. The van der Waals surface area contributed by atoms with Gasteiger partial charge in [0.15, 0.2) is 0 Å². The molecule has 0 saturated carbocycles. The molecule has 0 bridgehead atoms. The maximum atomic E-state index is 3.85. The van der Waals surface area contributed by atoms with Crippen LogP contribution in [0.5, 0.6) is 0 Å². The van der Waals surface area contributed by atoms with Crippen LogP contribution < -0.4 is 0 Å². The Morgan fingerprint density at radius 1 is 1.56 bits per heavy atom. The summed E-state index contributed by atoms with van der Waals surface area (Å²) in [5.74, 6) is 0. The van der Waals surface area contributed by atoms with Crippen LogP contribution in [-0.2, 0) is 0 Å². The average molecular weight is 122 g/mol. The van der Waals surface area contributed by atoms with Gasteiger partial charge in [-0.3, -0.25) is 0 Å². The minimum absolute atomic E-state index is 1.09. The molecular weight excluding hydrogens is 108 g/mol. The van der Waals surface area contributed by atoms with Crippen molar-refractivity contribution in [2.75, 3.05) is 0 Å². The van der Waals surface area contributed by atoms with Crippen LogP contribution >= 0.6 is 0 Å². The van der Waals surface area contributed by atoms with E-state index in [4.69, 9.17) is 0 Å². The standard InChI is InChI=1S/C9H14/c1-4-6-8-9(3)7-5-2/h4,6,8H,1,3,5,7H2,2H3. The van der Waals surface area contributed by atoms with E-state index >= 15 is 0 Å². The largest absolute Gasteiger partial charge is 0.0991 e. The Morgan fingerprint density at radius 2 is 2.22 bits per heavy atom. The molecule has 0 aromatic carbocycles. The van der Waals surface area contributed by atoms with Crippen molar-refractivity contribution in [1.29, 1.82) is 0 Å². The van der Waals surface area contributed by atoms with Gasteiger partial charge < -0.3 is 0 Å². The molecular formula is C9H14. The highest BCUT2D eigenvalue weighted by molar-refractivity contribution is 5.17. The highest BCUT2D eigenvalue weighted by atomic mass is 13.9. The molecule has 0 N–H and O–H groups in total. The van der Waals surface area contributed by atoms with Crippen molar-refractivity contribution in [2.45, 2.75) is 19.8 Å². The molecule has 0 fully saturated rings. The number of allylic oxidation sites excluding steroid dienone is 4. The summed E-state index contributed by atoms with van der Waals surface area (Å²) in [5.41, 5.74) is 1.18. The van der Waals surface area contributed by atoms with E-state index in [-0.39, 0.29) is 0 Å². The van der Waals surface area contributed by atoms with Crippen molar-refractivity contribution in [3.63, 3.8) is 0 Å². The summed E-state index contributed by atoms with van der Waals surface area (Å²) in [6.07, 6.45) is 7.93. The van der Waals surface area contributed by atoms with Crippen molar-refractivity contribution < 1.29 is 0 Å². The van der Waals surface area contributed by atoms with Crippen LogP contribution in [-0.4, -0.2) is 0 Å². The first-order valence-corrected chi connectivity index (χ1v) is 3.28. The van der Waals surface area contributed by atoms with Crippen LogP contribution in [0.25, 0.3) is 0 Å². The monoisotopic (exact) mass is 122 g/mol. The van der Waals surface area contributed by atoms with Gasteiger partial charge >= 0.3 is 0 Å². The average Bonchev–Trinajstić information content (AvgIpc) is 1.85. The Hall–Kier alpha value is -0.780. The third kappa shape index (κ3) is 5.09. The zero-order valence-corrected chi connectivity index (χ0v) is 6.06. The number of hydrogen-bond donors (Lipinski definition) is 0. The summed E-state index contributed by atoms with van der Waals surface area (Å²) in [5, 5.41) is 0. The van der Waals surface area contributed by atoms with Crippen LogP contribution in [0, 0.1) is 0 Å². The zero-order chi connectivity index (χ0) is 7.11. The smallest absolute Gasteiger partial charge is 0.0287 e. The molecule has 0 aliphatic heterocycles. The van der Waals surface area contributed by atoms with Crippen molar-refractivity contribution in [1.82, 2.24) is 0 Å². The third-order valence-electron chi connectivity index (χ3n) is 1.04. The van der Waals surface area contributed by atoms with Crippen molar-refractivity contribution in [3.05, 3.63) is 37.0 Å². The summed E-state index contributed by atoms with van der Waals surface area (Å²) in [6.45, 7) is 9.56. The molecule has 0 unspecified atom stereocenters. The van der Waals surface area contributed by atoms with E-state index in [1.807, 2.05) is 12.2 Å². The molecule has 0 aliphatic carbocycles. The van der Waals surface area contributed by atoms with Gasteiger partial charge in [-0.15, -0.1) is 0 Å². The van der Waals surface area contributed by atoms with Gasteiger partial charge in [0.05, 0.1) is 0 Å². The van der Waals surface area contributed by atoms with Gasteiger partial charge in [0.1, 0.15) is 0 Å².